The number of aliphatic hydroxyl groups excluding tert-OH is 1. The number of carbonyl (C=O) groups excluding carboxylic acids is 1. The summed E-state index contributed by atoms with van der Waals surface area (Å²) in [7, 11) is 0. The van der Waals surface area contributed by atoms with Gasteiger partial charge in [0, 0.05) is 6.54 Å². The van der Waals surface area contributed by atoms with Gasteiger partial charge in [0.25, 0.3) is 0 Å². The fourth-order valence-corrected chi connectivity index (χ4v) is 2.53. The average Bonchev–Trinajstić information content (AvgIpc) is 2.53. The van der Waals surface area contributed by atoms with E-state index in [-0.39, 0.29) is 12.5 Å². The lowest BCUT2D eigenvalue weighted by Gasteiger charge is -2.02. The predicted octanol–water partition coefficient (Wildman–Crippen LogP) is 4.74. The Morgan fingerprint density at radius 1 is 0.864 bits per heavy atom. The van der Waals surface area contributed by atoms with Crippen LogP contribution in [0.2, 0.25) is 0 Å². The van der Waals surface area contributed by atoms with E-state index in [1.54, 1.807) is 6.08 Å². The van der Waals surface area contributed by atoms with Gasteiger partial charge < -0.3 is 10.4 Å². The molecule has 0 unspecified atom stereocenters. The second-order valence-corrected chi connectivity index (χ2v) is 6.09. The van der Waals surface area contributed by atoms with Crippen LogP contribution in [0.3, 0.4) is 0 Å². The first-order valence-electron chi connectivity index (χ1n) is 9.36. The number of hydrogen-bond acceptors (Lipinski definition) is 2. The van der Waals surface area contributed by atoms with Crippen molar-refractivity contribution in [2.24, 2.45) is 0 Å². The molecule has 0 aromatic rings. The summed E-state index contributed by atoms with van der Waals surface area (Å²) in [5.41, 5.74) is 0. The van der Waals surface area contributed by atoms with Crippen LogP contribution in [-0.4, -0.2) is 24.2 Å². The van der Waals surface area contributed by atoms with E-state index in [1.165, 1.54) is 77.0 Å². The highest BCUT2D eigenvalue weighted by Gasteiger charge is 1.94. The van der Waals surface area contributed by atoms with E-state index in [4.69, 9.17) is 5.11 Å². The van der Waals surface area contributed by atoms with Gasteiger partial charge in [-0.05, 0) is 18.9 Å². The molecular weight excluding hydrogens is 274 g/mol. The summed E-state index contributed by atoms with van der Waals surface area (Å²) in [5.74, 6) is -0.104. The maximum atomic E-state index is 11.2. The number of amides is 1. The van der Waals surface area contributed by atoms with E-state index in [9.17, 15) is 4.79 Å². The number of nitrogens with one attached hydrogen (secondary N) is 1. The van der Waals surface area contributed by atoms with Crippen LogP contribution in [0.1, 0.15) is 90.4 Å². The molecule has 0 spiro atoms. The Labute approximate surface area is 137 Å². The van der Waals surface area contributed by atoms with Crippen LogP contribution in [0.15, 0.2) is 12.2 Å². The fraction of sp³-hybridized carbons (Fsp3) is 0.842. The molecule has 22 heavy (non-hydrogen) atoms. The topological polar surface area (TPSA) is 49.3 Å². The highest BCUT2D eigenvalue weighted by molar-refractivity contribution is 5.87. The van der Waals surface area contributed by atoms with Gasteiger partial charge in [-0.25, -0.2) is 0 Å². The van der Waals surface area contributed by atoms with Crippen molar-refractivity contribution < 1.29 is 9.90 Å². The Kier molecular flexibility index (Phi) is 17.5. The summed E-state index contributed by atoms with van der Waals surface area (Å²) in [4.78, 5) is 11.2. The average molecular weight is 312 g/mol. The monoisotopic (exact) mass is 311 g/mol. The molecule has 0 saturated carbocycles. The number of rotatable bonds is 16. The van der Waals surface area contributed by atoms with E-state index in [0.717, 1.165) is 6.42 Å². The molecule has 130 valence electrons. The maximum absolute atomic E-state index is 11.2. The van der Waals surface area contributed by atoms with Crippen LogP contribution >= 0.6 is 0 Å². The van der Waals surface area contributed by atoms with Gasteiger partial charge in [-0.3, -0.25) is 4.79 Å². The quantitative estimate of drug-likeness (QED) is 0.319. The van der Waals surface area contributed by atoms with E-state index < -0.39 is 0 Å². The second-order valence-electron chi connectivity index (χ2n) is 6.09. The first-order chi connectivity index (χ1) is 10.8. The highest BCUT2D eigenvalue weighted by atomic mass is 16.3. The molecule has 0 radical (unpaired) electrons. The Bertz CT molecular complexity index is 264. The van der Waals surface area contributed by atoms with Gasteiger partial charge in [0.05, 0.1) is 6.61 Å². The van der Waals surface area contributed by atoms with Gasteiger partial charge in [-0.2, -0.15) is 0 Å². The highest BCUT2D eigenvalue weighted by Crippen LogP contribution is 2.12. The van der Waals surface area contributed by atoms with E-state index in [1.807, 2.05) is 6.08 Å². The number of carbonyl (C=O) groups is 1. The van der Waals surface area contributed by atoms with E-state index in [2.05, 4.69) is 12.2 Å². The van der Waals surface area contributed by atoms with Gasteiger partial charge in [0.1, 0.15) is 0 Å². The van der Waals surface area contributed by atoms with Crippen molar-refractivity contribution in [3.05, 3.63) is 12.2 Å². The van der Waals surface area contributed by atoms with E-state index in [0.29, 0.717) is 6.54 Å². The lowest BCUT2D eigenvalue weighted by atomic mass is 10.0. The first-order valence-corrected chi connectivity index (χ1v) is 9.36. The van der Waals surface area contributed by atoms with Crippen molar-refractivity contribution in [3.63, 3.8) is 0 Å². The maximum Gasteiger partial charge on any atom is 0.243 e. The molecule has 1 amide bonds. The minimum Gasteiger partial charge on any atom is -0.395 e. The molecule has 0 aromatic heterocycles. The van der Waals surface area contributed by atoms with Gasteiger partial charge in [0.15, 0.2) is 0 Å². The largest absolute Gasteiger partial charge is 0.395 e. The molecule has 0 rings (SSSR count). The molecule has 0 heterocycles. The van der Waals surface area contributed by atoms with Gasteiger partial charge in [-0.1, -0.05) is 83.6 Å². The molecule has 0 atom stereocenters. The minimum absolute atomic E-state index is 0.00167. The van der Waals surface area contributed by atoms with E-state index >= 15 is 0 Å². The third-order valence-electron chi connectivity index (χ3n) is 3.90. The zero-order chi connectivity index (χ0) is 16.3. The van der Waals surface area contributed by atoms with Crippen molar-refractivity contribution in [2.75, 3.05) is 13.2 Å². The summed E-state index contributed by atoms with van der Waals surface area (Å²) in [6, 6.07) is 0. The molecule has 0 aromatic carbocycles. The van der Waals surface area contributed by atoms with Gasteiger partial charge in [-0.15, -0.1) is 0 Å². The third-order valence-corrected chi connectivity index (χ3v) is 3.90. The molecule has 2 N–H and O–H groups in total. The summed E-state index contributed by atoms with van der Waals surface area (Å²) in [6.07, 6.45) is 20.8. The van der Waals surface area contributed by atoms with Crippen molar-refractivity contribution in [3.8, 4) is 0 Å². The molecule has 0 fully saturated rings. The fourth-order valence-electron chi connectivity index (χ4n) is 2.53. The molecule has 3 nitrogen and oxygen atoms in total. The van der Waals surface area contributed by atoms with Crippen LogP contribution in [0.25, 0.3) is 0 Å². The van der Waals surface area contributed by atoms with Gasteiger partial charge in [0.2, 0.25) is 5.91 Å². The minimum atomic E-state index is -0.104. The molecular formula is C19H37NO2. The van der Waals surface area contributed by atoms with Crippen LogP contribution in [0, 0.1) is 0 Å². The molecule has 0 aliphatic heterocycles. The number of hydrogen-bond donors (Lipinski definition) is 2. The lowest BCUT2D eigenvalue weighted by molar-refractivity contribution is -0.116. The SMILES string of the molecule is CCCCCCCCCCCCCCC=CC(=O)NCCO. The summed E-state index contributed by atoms with van der Waals surface area (Å²) >= 11 is 0. The first kappa shape index (κ1) is 21.2. The Hall–Kier alpha value is -0.830. The Morgan fingerprint density at radius 3 is 1.86 bits per heavy atom. The molecule has 0 bridgehead atoms. The van der Waals surface area contributed by atoms with Crippen molar-refractivity contribution in [2.45, 2.75) is 90.4 Å². The Balaban J connectivity index is 3.14. The molecule has 0 aliphatic carbocycles. The van der Waals surface area contributed by atoms with Crippen molar-refractivity contribution in [1.29, 1.82) is 0 Å². The standard InChI is InChI=1S/C19H37NO2/c1-2-3-4-5-6-7-8-9-10-11-12-13-14-15-16-19(22)20-17-18-21/h15-16,21H,2-14,17-18H2,1H3,(H,20,22). The zero-order valence-corrected chi connectivity index (χ0v) is 14.6. The molecule has 0 aliphatic rings. The molecule has 3 heteroatoms. The van der Waals surface area contributed by atoms with Crippen LogP contribution in [0.5, 0.6) is 0 Å². The Morgan fingerprint density at radius 2 is 1.36 bits per heavy atom. The van der Waals surface area contributed by atoms with Crippen LogP contribution in [0.4, 0.5) is 0 Å². The predicted molar refractivity (Wildman–Crippen MR) is 94.9 cm³/mol. The van der Waals surface area contributed by atoms with Crippen molar-refractivity contribution >= 4 is 5.91 Å². The third kappa shape index (κ3) is 17.2. The zero-order valence-electron chi connectivity index (χ0n) is 14.6. The van der Waals surface area contributed by atoms with Crippen LogP contribution in [-0.2, 0) is 4.79 Å². The summed E-state index contributed by atoms with van der Waals surface area (Å²) < 4.78 is 0. The second kappa shape index (κ2) is 18.2. The normalized spacial score (nSPS) is 11.2. The van der Waals surface area contributed by atoms with Crippen LogP contribution < -0.4 is 5.32 Å². The molecule has 0 saturated heterocycles. The smallest absolute Gasteiger partial charge is 0.243 e. The summed E-state index contributed by atoms with van der Waals surface area (Å²) in [5, 5.41) is 11.2. The lowest BCUT2D eigenvalue weighted by Crippen LogP contribution is -2.24. The summed E-state index contributed by atoms with van der Waals surface area (Å²) in [6.45, 7) is 2.60. The number of unbranched alkanes of at least 4 members (excludes halogenated alkanes) is 12. The van der Waals surface area contributed by atoms with Crippen molar-refractivity contribution in [1.82, 2.24) is 5.32 Å². The number of allylic oxidation sites excluding steroid dienone is 1. The van der Waals surface area contributed by atoms with Gasteiger partial charge >= 0.3 is 0 Å². The number of aliphatic hydroxyl groups is 1.